The fraction of sp³-hybridized carbons (Fsp3) is 0.562. The first-order valence-corrected chi connectivity index (χ1v) is 7.05. The summed E-state index contributed by atoms with van der Waals surface area (Å²) in [6.45, 7) is 6.55. The Labute approximate surface area is 110 Å². The van der Waals surface area contributed by atoms with Crippen LogP contribution in [0.1, 0.15) is 43.5 Å². The van der Waals surface area contributed by atoms with E-state index in [0.29, 0.717) is 0 Å². The number of ketones is 1. The summed E-state index contributed by atoms with van der Waals surface area (Å²) in [7, 11) is 0. The van der Waals surface area contributed by atoms with Crippen LogP contribution < -0.4 is 0 Å². The molecule has 0 bridgehead atoms. The van der Waals surface area contributed by atoms with Crippen molar-refractivity contribution in [3.05, 3.63) is 35.9 Å². The number of rotatable bonds is 4. The molecule has 2 rings (SSSR count). The van der Waals surface area contributed by atoms with Gasteiger partial charge in [-0.15, -0.1) is 0 Å². The lowest BCUT2D eigenvalue weighted by Gasteiger charge is -2.35. The van der Waals surface area contributed by atoms with E-state index in [0.717, 1.165) is 31.0 Å². The Bertz CT molecular complexity index is 379. The third kappa shape index (κ3) is 2.99. The average molecular weight is 245 g/mol. The van der Waals surface area contributed by atoms with Crippen molar-refractivity contribution in [3.63, 3.8) is 0 Å². The van der Waals surface area contributed by atoms with Crippen LogP contribution in [0, 0.1) is 5.92 Å². The van der Waals surface area contributed by atoms with Crippen molar-refractivity contribution in [2.24, 2.45) is 5.92 Å². The van der Waals surface area contributed by atoms with Gasteiger partial charge in [0.15, 0.2) is 5.78 Å². The highest BCUT2D eigenvalue weighted by molar-refractivity contribution is 6.00. The van der Waals surface area contributed by atoms with E-state index < -0.39 is 0 Å². The first-order valence-electron chi connectivity index (χ1n) is 7.05. The van der Waals surface area contributed by atoms with Gasteiger partial charge in [-0.05, 0) is 38.3 Å². The molecular formula is C16H23NO. The minimum absolute atomic E-state index is 0.0694. The Balaban J connectivity index is 2.07. The van der Waals surface area contributed by atoms with Crippen LogP contribution in [0.4, 0.5) is 0 Å². The molecule has 1 unspecified atom stereocenters. The quantitative estimate of drug-likeness (QED) is 0.758. The molecule has 18 heavy (non-hydrogen) atoms. The van der Waals surface area contributed by atoms with Crippen molar-refractivity contribution in [2.75, 3.05) is 13.1 Å². The van der Waals surface area contributed by atoms with E-state index in [1.807, 2.05) is 30.3 Å². The molecule has 0 aliphatic carbocycles. The molecule has 1 heterocycles. The zero-order chi connectivity index (χ0) is 13.0. The smallest absolute Gasteiger partial charge is 0.179 e. The summed E-state index contributed by atoms with van der Waals surface area (Å²) in [4.78, 5) is 14.9. The van der Waals surface area contributed by atoms with Crippen LogP contribution in [0.25, 0.3) is 0 Å². The van der Waals surface area contributed by atoms with Gasteiger partial charge in [0.1, 0.15) is 0 Å². The summed E-state index contributed by atoms with van der Waals surface area (Å²) in [6.07, 6.45) is 3.35. The highest BCUT2D eigenvalue weighted by Crippen LogP contribution is 2.21. The monoisotopic (exact) mass is 245 g/mol. The number of benzene rings is 1. The predicted molar refractivity (Wildman–Crippen MR) is 74.8 cm³/mol. The van der Waals surface area contributed by atoms with Crippen LogP contribution in [-0.2, 0) is 0 Å². The number of nitrogens with zero attached hydrogens (tertiary/aromatic N) is 1. The lowest BCUT2D eigenvalue weighted by atomic mass is 9.94. The molecule has 1 aromatic rings. The highest BCUT2D eigenvalue weighted by atomic mass is 16.1. The van der Waals surface area contributed by atoms with E-state index in [1.165, 1.54) is 12.8 Å². The Kier molecular flexibility index (Phi) is 4.54. The summed E-state index contributed by atoms with van der Waals surface area (Å²) in [5.74, 6) is 1.10. The van der Waals surface area contributed by atoms with Crippen LogP contribution in [-0.4, -0.2) is 29.8 Å². The first kappa shape index (κ1) is 13.3. The largest absolute Gasteiger partial charge is 0.293 e. The number of Topliss-reactive ketones (excluding diaryl/α,β-unsaturated/α-hetero) is 1. The Morgan fingerprint density at radius 2 is 1.89 bits per heavy atom. The van der Waals surface area contributed by atoms with Crippen molar-refractivity contribution in [1.82, 2.24) is 4.90 Å². The molecule has 0 N–H and O–H groups in total. The molecule has 2 nitrogen and oxygen atoms in total. The molecule has 0 saturated carbocycles. The van der Waals surface area contributed by atoms with Gasteiger partial charge in [0.05, 0.1) is 6.04 Å². The van der Waals surface area contributed by atoms with Gasteiger partial charge in [0.25, 0.3) is 0 Å². The fourth-order valence-electron chi connectivity index (χ4n) is 2.74. The fourth-order valence-corrected chi connectivity index (χ4v) is 2.74. The highest BCUT2D eigenvalue weighted by Gasteiger charge is 2.27. The van der Waals surface area contributed by atoms with Crippen LogP contribution in [0.5, 0.6) is 0 Å². The van der Waals surface area contributed by atoms with Gasteiger partial charge in [-0.3, -0.25) is 9.69 Å². The van der Waals surface area contributed by atoms with Gasteiger partial charge >= 0.3 is 0 Å². The van der Waals surface area contributed by atoms with Gasteiger partial charge in [0, 0.05) is 5.56 Å². The predicted octanol–water partition coefficient (Wildman–Crippen LogP) is 3.38. The van der Waals surface area contributed by atoms with Crippen LogP contribution in [0.15, 0.2) is 30.3 Å². The normalized spacial score (nSPS) is 19.7. The summed E-state index contributed by atoms with van der Waals surface area (Å²) in [5.41, 5.74) is 0.850. The number of carbonyl (C=O) groups is 1. The number of carbonyl (C=O) groups excluding carboxylic acids is 1. The summed E-state index contributed by atoms with van der Waals surface area (Å²) >= 11 is 0. The topological polar surface area (TPSA) is 20.3 Å². The van der Waals surface area contributed by atoms with Gasteiger partial charge in [-0.25, -0.2) is 0 Å². The standard InChI is InChI=1S/C16H23NO/c1-3-15(17-11-9-13(2)10-12-17)16(18)14-7-5-4-6-8-14/h4-8,13,15H,3,9-12H2,1-2H3. The number of piperidine rings is 1. The molecule has 0 aromatic heterocycles. The van der Waals surface area contributed by atoms with E-state index in [1.54, 1.807) is 0 Å². The third-order valence-corrected chi connectivity index (χ3v) is 4.01. The molecule has 0 radical (unpaired) electrons. The molecular weight excluding hydrogens is 222 g/mol. The van der Waals surface area contributed by atoms with Gasteiger partial charge in [-0.1, -0.05) is 44.2 Å². The Morgan fingerprint density at radius 3 is 2.44 bits per heavy atom. The zero-order valence-corrected chi connectivity index (χ0v) is 11.4. The maximum Gasteiger partial charge on any atom is 0.179 e. The van der Waals surface area contributed by atoms with E-state index in [2.05, 4.69) is 18.7 Å². The minimum Gasteiger partial charge on any atom is -0.293 e. The van der Waals surface area contributed by atoms with Crippen molar-refractivity contribution in [3.8, 4) is 0 Å². The molecule has 1 aliphatic rings. The van der Waals surface area contributed by atoms with Crippen molar-refractivity contribution in [1.29, 1.82) is 0 Å². The van der Waals surface area contributed by atoms with E-state index in [9.17, 15) is 4.79 Å². The Morgan fingerprint density at radius 1 is 1.28 bits per heavy atom. The lowest BCUT2D eigenvalue weighted by molar-refractivity contribution is 0.0743. The molecule has 0 amide bonds. The van der Waals surface area contributed by atoms with Gasteiger partial charge in [-0.2, -0.15) is 0 Å². The maximum atomic E-state index is 12.5. The number of hydrogen-bond donors (Lipinski definition) is 0. The molecule has 1 atom stereocenters. The van der Waals surface area contributed by atoms with E-state index in [4.69, 9.17) is 0 Å². The van der Waals surface area contributed by atoms with E-state index >= 15 is 0 Å². The first-order chi connectivity index (χ1) is 8.72. The van der Waals surface area contributed by atoms with Crippen molar-refractivity contribution >= 4 is 5.78 Å². The number of hydrogen-bond acceptors (Lipinski definition) is 2. The van der Waals surface area contributed by atoms with Crippen LogP contribution in [0.3, 0.4) is 0 Å². The van der Waals surface area contributed by atoms with Crippen molar-refractivity contribution in [2.45, 2.75) is 39.2 Å². The second-order valence-corrected chi connectivity index (χ2v) is 5.37. The van der Waals surface area contributed by atoms with Gasteiger partial charge in [0.2, 0.25) is 0 Å². The van der Waals surface area contributed by atoms with Gasteiger partial charge < -0.3 is 0 Å². The molecule has 1 aliphatic heterocycles. The van der Waals surface area contributed by atoms with Crippen LogP contribution >= 0.6 is 0 Å². The van der Waals surface area contributed by atoms with Crippen molar-refractivity contribution < 1.29 is 4.79 Å². The summed E-state index contributed by atoms with van der Waals surface area (Å²) in [6, 6.07) is 9.77. The average Bonchev–Trinajstić information content (AvgIpc) is 2.42. The molecule has 2 heteroatoms. The molecule has 1 aromatic carbocycles. The zero-order valence-electron chi connectivity index (χ0n) is 11.4. The second kappa shape index (κ2) is 6.14. The maximum absolute atomic E-state index is 12.5. The molecule has 1 saturated heterocycles. The molecule has 1 fully saturated rings. The Hall–Kier alpha value is -1.15. The SMILES string of the molecule is CCC(C(=O)c1ccccc1)N1CCC(C)CC1. The van der Waals surface area contributed by atoms with E-state index in [-0.39, 0.29) is 11.8 Å². The summed E-state index contributed by atoms with van der Waals surface area (Å²) < 4.78 is 0. The summed E-state index contributed by atoms with van der Waals surface area (Å²) in [5, 5.41) is 0. The molecule has 0 spiro atoms. The lowest BCUT2D eigenvalue weighted by Crippen LogP contribution is -2.45. The second-order valence-electron chi connectivity index (χ2n) is 5.37. The third-order valence-electron chi connectivity index (χ3n) is 4.01. The molecule has 98 valence electrons. The minimum atomic E-state index is 0.0694. The number of likely N-dealkylation sites (tertiary alicyclic amines) is 1. The van der Waals surface area contributed by atoms with Crippen LogP contribution in [0.2, 0.25) is 0 Å².